The smallest absolute Gasteiger partial charge is 0.417 e. The van der Waals surface area contributed by atoms with E-state index in [0.29, 0.717) is 18.9 Å². The molecule has 0 aromatic heterocycles. The number of nitrogens with one attached hydrogen (secondary N) is 2. The number of anilines is 1. The molecule has 0 aliphatic carbocycles. The minimum absolute atomic E-state index is 0.206. The van der Waals surface area contributed by atoms with Gasteiger partial charge in [0, 0.05) is 5.69 Å². The van der Waals surface area contributed by atoms with Crippen LogP contribution in [0, 0.1) is 0 Å². The molecule has 0 fully saturated rings. The van der Waals surface area contributed by atoms with E-state index in [1.54, 1.807) is 6.92 Å². The zero-order valence-corrected chi connectivity index (χ0v) is 16.6. The lowest BCUT2D eigenvalue weighted by Gasteiger charge is -2.24. The van der Waals surface area contributed by atoms with Crippen LogP contribution in [-0.2, 0) is 22.2 Å². The molecule has 2 amide bonds. The monoisotopic (exact) mass is 438 g/mol. The Hall–Kier alpha value is -3.00. The van der Waals surface area contributed by atoms with Crippen LogP contribution in [0.5, 0.6) is 0 Å². The number of carbonyl (C=O) groups excluding carboxylic acids is 2. The van der Waals surface area contributed by atoms with Crippen LogP contribution in [0.1, 0.15) is 24.5 Å². The van der Waals surface area contributed by atoms with Crippen LogP contribution < -0.4 is 10.6 Å². The SMILES string of the molecule is CC1(CCc2ccccc2)NC(=O)C(C(=O)Nc2ccc(Cl)c(C(F)(F)F)c2)=C1O. The van der Waals surface area contributed by atoms with Crippen LogP contribution in [0.4, 0.5) is 18.9 Å². The van der Waals surface area contributed by atoms with Crippen molar-refractivity contribution in [2.45, 2.75) is 31.5 Å². The summed E-state index contributed by atoms with van der Waals surface area (Å²) in [5, 5.41) is 14.9. The molecular formula is C21H18ClF3N2O3. The molecule has 3 N–H and O–H groups in total. The second kappa shape index (κ2) is 8.02. The summed E-state index contributed by atoms with van der Waals surface area (Å²) in [4.78, 5) is 24.9. The van der Waals surface area contributed by atoms with Crippen LogP contribution in [0.2, 0.25) is 5.02 Å². The number of hydrogen-bond acceptors (Lipinski definition) is 3. The minimum Gasteiger partial charge on any atom is -0.509 e. The van der Waals surface area contributed by atoms with Crippen LogP contribution in [-0.4, -0.2) is 22.5 Å². The normalized spacial score (nSPS) is 19.0. The van der Waals surface area contributed by atoms with E-state index in [-0.39, 0.29) is 5.69 Å². The number of aliphatic hydroxyl groups excluding tert-OH is 1. The summed E-state index contributed by atoms with van der Waals surface area (Å²) < 4.78 is 39.0. The summed E-state index contributed by atoms with van der Waals surface area (Å²) in [6, 6.07) is 12.2. The van der Waals surface area contributed by atoms with E-state index >= 15 is 0 Å². The third-order valence-corrected chi connectivity index (χ3v) is 5.22. The molecule has 0 radical (unpaired) electrons. The fourth-order valence-corrected chi connectivity index (χ4v) is 3.42. The van der Waals surface area contributed by atoms with Crippen LogP contribution in [0.25, 0.3) is 0 Å². The van der Waals surface area contributed by atoms with E-state index in [2.05, 4.69) is 10.6 Å². The van der Waals surface area contributed by atoms with Crippen LogP contribution in [0.15, 0.2) is 59.9 Å². The highest BCUT2D eigenvalue weighted by Gasteiger charge is 2.44. The zero-order valence-electron chi connectivity index (χ0n) is 15.8. The van der Waals surface area contributed by atoms with E-state index < -0.39 is 45.4 Å². The molecule has 1 unspecified atom stereocenters. The van der Waals surface area contributed by atoms with Crippen molar-refractivity contribution >= 4 is 29.1 Å². The van der Waals surface area contributed by atoms with Gasteiger partial charge in [0.1, 0.15) is 11.3 Å². The largest absolute Gasteiger partial charge is 0.509 e. The zero-order chi connectivity index (χ0) is 22.1. The van der Waals surface area contributed by atoms with Gasteiger partial charge in [-0.15, -0.1) is 0 Å². The van der Waals surface area contributed by atoms with Crippen molar-refractivity contribution in [1.29, 1.82) is 0 Å². The quantitative estimate of drug-likeness (QED) is 0.595. The maximum atomic E-state index is 13.0. The molecule has 1 heterocycles. The number of aryl methyl sites for hydroxylation is 1. The maximum Gasteiger partial charge on any atom is 0.417 e. The highest BCUT2D eigenvalue weighted by atomic mass is 35.5. The molecule has 5 nitrogen and oxygen atoms in total. The first kappa shape index (κ1) is 21.7. The van der Waals surface area contributed by atoms with Gasteiger partial charge in [0.15, 0.2) is 0 Å². The Morgan fingerprint density at radius 1 is 1.20 bits per heavy atom. The first-order chi connectivity index (χ1) is 14.0. The third kappa shape index (κ3) is 4.43. The standard InChI is InChI=1S/C21H18ClF3N2O3/c1-20(10-9-12-5-3-2-4-6-12)17(28)16(19(30)27-20)18(29)26-13-7-8-15(22)14(11-13)21(23,24)25/h2-8,11,28H,9-10H2,1H3,(H,26,29)(H,27,30). The molecule has 2 aromatic rings. The van der Waals surface area contributed by atoms with Crippen LogP contribution in [0.3, 0.4) is 0 Å². The predicted molar refractivity (Wildman–Crippen MR) is 106 cm³/mol. The van der Waals surface area contributed by atoms with E-state index in [9.17, 15) is 27.9 Å². The Morgan fingerprint density at radius 2 is 1.87 bits per heavy atom. The van der Waals surface area contributed by atoms with E-state index in [1.165, 1.54) is 6.07 Å². The summed E-state index contributed by atoms with van der Waals surface area (Å²) in [6.07, 6.45) is -3.85. The predicted octanol–water partition coefficient (Wildman–Crippen LogP) is 4.63. The van der Waals surface area contributed by atoms with Crippen molar-refractivity contribution in [3.63, 3.8) is 0 Å². The first-order valence-corrected chi connectivity index (χ1v) is 9.37. The summed E-state index contributed by atoms with van der Waals surface area (Å²) in [5.74, 6) is -2.26. The molecule has 1 aliphatic rings. The Labute approximate surface area is 175 Å². The fraction of sp³-hybridized carbons (Fsp3) is 0.238. The molecule has 9 heteroatoms. The van der Waals surface area contributed by atoms with Gasteiger partial charge in [0.05, 0.1) is 16.1 Å². The Kier molecular flexibility index (Phi) is 5.81. The maximum absolute atomic E-state index is 13.0. The number of carbonyl (C=O) groups is 2. The number of halogens is 4. The molecule has 1 aliphatic heterocycles. The lowest BCUT2D eigenvalue weighted by atomic mass is 9.92. The Bertz CT molecular complexity index is 1020. The van der Waals surface area contributed by atoms with Crippen molar-refractivity contribution in [3.8, 4) is 0 Å². The number of aliphatic hydroxyl groups is 1. The molecule has 0 saturated heterocycles. The highest BCUT2D eigenvalue weighted by molar-refractivity contribution is 6.31. The first-order valence-electron chi connectivity index (χ1n) is 8.99. The number of rotatable bonds is 5. The minimum atomic E-state index is -4.71. The van der Waals surface area contributed by atoms with Crippen LogP contribution >= 0.6 is 11.6 Å². The molecule has 158 valence electrons. The van der Waals surface area contributed by atoms with E-state index in [0.717, 1.165) is 11.6 Å². The summed E-state index contributed by atoms with van der Waals surface area (Å²) in [7, 11) is 0. The number of hydrogen-bond donors (Lipinski definition) is 3. The summed E-state index contributed by atoms with van der Waals surface area (Å²) >= 11 is 5.57. The third-order valence-electron chi connectivity index (χ3n) is 4.89. The average Bonchev–Trinajstić information content (AvgIpc) is 2.90. The topological polar surface area (TPSA) is 78.4 Å². The van der Waals surface area contributed by atoms with Crippen molar-refractivity contribution in [2.75, 3.05) is 5.32 Å². The van der Waals surface area contributed by atoms with Crippen molar-refractivity contribution in [2.24, 2.45) is 0 Å². The van der Waals surface area contributed by atoms with E-state index in [4.69, 9.17) is 11.6 Å². The fourth-order valence-electron chi connectivity index (χ4n) is 3.20. The lowest BCUT2D eigenvalue weighted by Crippen LogP contribution is -2.42. The van der Waals surface area contributed by atoms with Gasteiger partial charge < -0.3 is 15.7 Å². The summed E-state index contributed by atoms with van der Waals surface area (Å²) in [5.41, 5.74) is -2.04. The van der Waals surface area contributed by atoms with Gasteiger partial charge in [0.25, 0.3) is 11.8 Å². The van der Waals surface area contributed by atoms with Gasteiger partial charge in [-0.25, -0.2) is 0 Å². The number of benzene rings is 2. The Morgan fingerprint density at radius 3 is 2.50 bits per heavy atom. The van der Waals surface area contributed by atoms with Crippen molar-refractivity contribution in [3.05, 3.63) is 76.0 Å². The number of amides is 2. The second-order valence-corrected chi connectivity index (χ2v) is 7.55. The van der Waals surface area contributed by atoms with Gasteiger partial charge in [-0.05, 0) is 43.5 Å². The van der Waals surface area contributed by atoms with Crippen molar-refractivity contribution in [1.82, 2.24) is 5.32 Å². The summed E-state index contributed by atoms with van der Waals surface area (Å²) in [6.45, 7) is 1.58. The molecule has 1 atom stereocenters. The van der Waals surface area contributed by atoms with Gasteiger partial charge in [-0.2, -0.15) is 13.2 Å². The molecule has 3 rings (SSSR count). The van der Waals surface area contributed by atoms with Gasteiger partial charge in [-0.1, -0.05) is 41.9 Å². The molecular weight excluding hydrogens is 421 g/mol. The molecule has 0 bridgehead atoms. The molecule has 30 heavy (non-hydrogen) atoms. The second-order valence-electron chi connectivity index (χ2n) is 7.14. The lowest BCUT2D eigenvalue weighted by molar-refractivity contribution is -0.137. The number of alkyl halides is 3. The highest BCUT2D eigenvalue weighted by Crippen LogP contribution is 2.36. The van der Waals surface area contributed by atoms with Crippen molar-refractivity contribution < 1.29 is 27.9 Å². The van der Waals surface area contributed by atoms with E-state index in [1.807, 2.05) is 30.3 Å². The molecule has 0 spiro atoms. The Balaban J connectivity index is 1.80. The average molecular weight is 439 g/mol. The van der Waals surface area contributed by atoms with Gasteiger partial charge in [-0.3, -0.25) is 9.59 Å². The van der Waals surface area contributed by atoms with Gasteiger partial charge in [0.2, 0.25) is 0 Å². The molecule has 0 saturated carbocycles. The molecule has 2 aromatic carbocycles. The van der Waals surface area contributed by atoms with Gasteiger partial charge >= 0.3 is 6.18 Å².